The van der Waals surface area contributed by atoms with Crippen molar-refractivity contribution in [3.63, 3.8) is 0 Å². The van der Waals surface area contributed by atoms with Crippen LogP contribution in [0.1, 0.15) is 10.6 Å². The minimum Gasteiger partial charge on any atom is -0.271 e. The SMILES string of the molecule is Cc1ccnn1CC(=O)N/N=C\c1ccc([N+](=O)[O-])s1. The Kier molecular flexibility index (Phi) is 4.20. The topological polar surface area (TPSA) is 102 Å². The number of aryl methyl sites for hydroxylation is 1. The number of amides is 1. The van der Waals surface area contributed by atoms with Gasteiger partial charge in [-0.2, -0.15) is 10.2 Å². The molecule has 0 spiro atoms. The molecule has 9 heteroatoms. The number of hydrogen-bond acceptors (Lipinski definition) is 6. The van der Waals surface area contributed by atoms with E-state index in [2.05, 4.69) is 15.6 Å². The lowest BCUT2D eigenvalue weighted by molar-refractivity contribution is -0.380. The molecule has 0 aromatic carbocycles. The Labute approximate surface area is 117 Å². The zero-order valence-corrected chi connectivity index (χ0v) is 11.3. The van der Waals surface area contributed by atoms with E-state index >= 15 is 0 Å². The van der Waals surface area contributed by atoms with Crippen LogP contribution < -0.4 is 5.43 Å². The number of thiophene rings is 1. The molecule has 0 aliphatic heterocycles. The van der Waals surface area contributed by atoms with Gasteiger partial charge in [0.15, 0.2) is 0 Å². The van der Waals surface area contributed by atoms with Crippen LogP contribution in [0.25, 0.3) is 0 Å². The lowest BCUT2D eigenvalue weighted by atomic mass is 10.5. The number of nitrogens with zero attached hydrogens (tertiary/aromatic N) is 4. The zero-order valence-electron chi connectivity index (χ0n) is 10.5. The summed E-state index contributed by atoms with van der Waals surface area (Å²) in [4.78, 5) is 22.2. The quantitative estimate of drug-likeness (QED) is 0.510. The molecule has 0 fully saturated rings. The molecule has 1 amide bonds. The molecule has 0 atom stereocenters. The first kappa shape index (κ1) is 13.9. The molecule has 0 aliphatic carbocycles. The molecule has 8 nitrogen and oxygen atoms in total. The van der Waals surface area contributed by atoms with E-state index in [1.54, 1.807) is 23.0 Å². The number of hydrogen-bond donors (Lipinski definition) is 1. The van der Waals surface area contributed by atoms with Gasteiger partial charge in [-0.05, 0) is 19.1 Å². The minimum atomic E-state index is -0.471. The van der Waals surface area contributed by atoms with Crippen LogP contribution in [0, 0.1) is 17.0 Å². The summed E-state index contributed by atoms with van der Waals surface area (Å²) in [6.45, 7) is 1.91. The second-order valence-corrected chi connectivity index (χ2v) is 4.95. The van der Waals surface area contributed by atoms with Gasteiger partial charge in [0.05, 0.1) is 16.0 Å². The van der Waals surface area contributed by atoms with E-state index in [0.29, 0.717) is 4.88 Å². The van der Waals surface area contributed by atoms with Gasteiger partial charge >= 0.3 is 5.00 Å². The van der Waals surface area contributed by atoms with Crippen LogP contribution in [0.2, 0.25) is 0 Å². The Morgan fingerprint density at radius 3 is 3.00 bits per heavy atom. The Bertz CT molecular complexity index is 661. The summed E-state index contributed by atoms with van der Waals surface area (Å²) >= 11 is 0.983. The van der Waals surface area contributed by atoms with Crippen molar-refractivity contribution < 1.29 is 9.72 Å². The summed E-state index contributed by atoms with van der Waals surface area (Å²) in [6, 6.07) is 4.75. The van der Waals surface area contributed by atoms with Gasteiger partial charge in [0.25, 0.3) is 5.91 Å². The van der Waals surface area contributed by atoms with Gasteiger partial charge < -0.3 is 0 Å². The molecule has 0 unspecified atom stereocenters. The second-order valence-electron chi connectivity index (χ2n) is 3.86. The fraction of sp³-hybridized carbons (Fsp3) is 0.182. The maximum absolute atomic E-state index is 11.6. The third-order valence-corrected chi connectivity index (χ3v) is 3.37. The van der Waals surface area contributed by atoms with E-state index in [1.807, 2.05) is 6.92 Å². The molecule has 104 valence electrons. The second kappa shape index (κ2) is 6.06. The molecule has 2 rings (SSSR count). The van der Waals surface area contributed by atoms with Gasteiger partial charge in [0.1, 0.15) is 6.54 Å². The number of carbonyl (C=O) groups excluding carboxylic acids is 1. The van der Waals surface area contributed by atoms with Crippen LogP contribution in [-0.4, -0.2) is 26.8 Å². The molecule has 0 radical (unpaired) electrons. The molecular formula is C11H11N5O3S. The summed E-state index contributed by atoms with van der Waals surface area (Å²) in [5.41, 5.74) is 3.21. The Balaban J connectivity index is 1.87. The normalized spacial score (nSPS) is 10.8. The standard InChI is InChI=1S/C11H11N5O3S/c1-8-4-5-13-15(8)7-10(17)14-12-6-9-2-3-11(20-9)16(18)19/h2-6H,7H2,1H3,(H,14,17)/b12-6-. The highest BCUT2D eigenvalue weighted by Crippen LogP contribution is 2.22. The molecular weight excluding hydrogens is 282 g/mol. The molecule has 2 heterocycles. The first-order valence-electron chi connectivity index (χ1n) is 5.61. The molecule has 2 aromatic heterocycles. The number of carbonyl (C=O) groups is 1. The van der Waals surface area contributed by atoms with Crippen molar-refractivity contribution in [2.75, 3.05) is 0 Å². The highest BCUT2D eigenvalue weighted by Gasteiger charge is 2.08. The van der Waals surface area contributed by atoms with Gasteiger partial charge in [0.2, 0.25) is 0 Å². The van der Waals surface area contributed by atoms with Gasteiger partial charge in [-0.15, -0.1) is 0 Å². The fourth-order valence-electron chi connectivity index (χ4n) is 1.41. The fourth-order valence-corrected chi connectivity index (χ4v) is 2.11. The summed E-state index contributed by atoms with van der Waals surface area (Å²) < 4.78 is 1.54. The lowest BCUT2D eigenvalue weighted by Crippen LogP contribution is -2.24. The Morgan fingerprint density at radius 2 is 2.40 bits per heavy atom. The van der Waals surface area contributed by atoms with Crippen molar-refractivity contribution in [1.82, 2.24) is 15.2 Å². The third-order valence-electron chi connectivity index (χ3n) is 2.40. The number of nitro groups is 1. The molecule has 0 saturated carbocycles. The summed E-state index contributed by atoms with van der Waals surface area (Å²) in [5.74, 6) is -0.320. The van der Waals surface area contributed by atoms with Gasteiger partial charge in [0, 0.05) is 18.0 Å². The predicted octanol–water partition coefficient (Wildman–Crippen LogP) is 1.31. The molecule has 20 heavy (non-hydrogen) atoms. The van der Waals surface area contributed by atoms with Gasteiger partial charge in [-0.25, -0.2) is 5.43 Å². The maximum atomic E-state index is 11.6. The first-order valence-corrected chi connectivity index (χ1v) is 6.42. The van der Waals surface area contributed by atoms with Crippen LogP contribution in [-0.2, 0) is 11.3 Å². The third kappa shape index (κ3) is 3.48. The van der Waals surface area contributed by atoms with Crippen LogP contribution in [0.4, 0.5) is 5.00 Å². The number of hydrazone groups is 1. The van der Waals surface area contributed by atoms with Crippen LogP contribution >= 0.6 is 11.3 Å². The van der Waals surface area contributed by atoms with Crippen LogP contribution in [0.3, 0.4) is 0 Å². The maximum Gasteiger partial charge on any atom is 0.324 e. The largest absolute Gasteiger partial charge is 0.324 e. The van der Waals surface area contributed by atoms with E-state index in [4.69, 9.17) is 0 Å². The smallest absolute Gasteiger partial charge is 0.271 e. The molecule has 2 aromatic rings. The van der Waals surface area contributed by atoms with Crippen LogP contribution in [0.5, 0.6) is 0 Å². The molecule has 1 N–H and O–H groups in total. The van der Waals surface area contributed by atoms with Crippen LogP contribution in [0.15, 0.2) is 29.5 Å². The highest BCUT2D eigenvalue weighted by atomic mass is 32.1. The zero-order chi connectivity index (χ0) is 14.5. The average Bonchev–Trinajstić information content (AvgIpc) is 3.00. The Hall–Kier alpha value is -2.55. The molecule has 0 bridgehead atoms. The predicted molar refractivity (Wildman–Crippen MR) is 73.7 cm³/mol. The van der Waals surface area contributed by atoms with Crippen molar-refractivity contribution in [2.24, 2.45) is 5.10 Å². The van der Waals surface area contributed by atoms with Crippen molar-refractivity contribution in [2.45, 2.75) is 13.5 Å². The number of nitrogens with one attached hydrogen (secondary N) is 1. The summed E-state index contributed by atoms with van der Waals surface area (Å²) in [5, 5.41) is 18.3. The van der Waals surface area contributed by atoms with Gasteiger partial charge in [-0.1, -0.05) is 11.3 Å². The summed E-state index contributed by atoms with van der Waals surface area (Å²) in [6.07, 6.45) is 2.97. The monoisotopic (exact) mass is 293 g/mol. The van der Waals surface area contributed by atoms with E-state index < -0.39 is 4.92 Å². The lowest BCUT2D eigenvalue weighted by Gasteiger charge is -2.02. The summed E-state index contributed by atoms with van der Waals surface area (Å²) in [7, 11) is 0. The van der Waals surface area contributed by atoms with E-state index in [1.165, 1.54) is 12.3 Å². The van der Waals surface area contributed by atoms with Crippen molar-refractivity contribution in [3.8, 4) is 0 Å². The minimum absolute atomic E-state index is 0.0324. The number of rotatable bonds is 5. The van der Waals surface area contributed by atoms with E-state index in [9.17, 15) is 14.9 Å². The van der Waals surface area contributed by atoms with E-state index in [-0.39, 0.29) is 17.5 Å². The average molecular weight is 293 g/mol. The Morgan fingerprint density at radius 1 is 1.60 bits per heavy atom. The van der Waals surface area contributed by atoms with Gasteiger partial charge in [-0.3, -0.25) is 19.6 Å². The molecule has 0 saturated heterocycles. The first-order chi connectivity index (χ1) is 9.56. The highest BCUT2D eigenvalue weighted by molar-refractivity contribution is 7.16. The van der Waals surface area contributed by atoms with Crippen molar-refractivity contribution in [3.05, 3.63) is 45.1 Å². The number of aromatic nitrogens is 2. The molecule has 0 aliphatic rings. The van der Waals surface area contributed by atoms with E-state index in [0.717, 1.165) is 17.0 Å². The van der Waals surface area contributed by atoms with Crippen molar-refractivity contribution >= 4 is 28.5 Å². The van der Waals surface area contributed by atoms with Crippen molar-refractivity contribution in [1.29, 1.82) is 0 Å².